The fourth-order valence-electron chi connectivity index (χ4n) is 0.211. The van der Waals surface area contributed by atoms with Gasteiger partial charge in [0.15, 0.2) is 5.94 Å². The average Bonchev–Trinajstić information content (AvgIpc) is 1.86. The van der Waals surface area contributed by atoms with Crippen LogP contribution in [0.5, 0.6) is 0 Å². The first-order valence-electron chi connectivity index (χ1n) is 2.58. The first kappa shape index (κ1) is 8.33. The molecular weight excluding hydrogens is 118 g/mol. The summed E-state index contributed by atoms with van der Waals surface area (Å²) in [6.07, 6.45) is 0. The van der Waals surface area contributed by atoms with E-state index in [1.165, 1.54) is 0 Å². The summed E-state index contributed by atoms with van der Waals surface area (Å²) in [4.78, 5) is 10.0. The molecule has 0 aliphatic heterocycles. The second-order valence-electron chi connectivity index (χ2n) is 2.27. The zero-order valence-electron chi connectivity index (χ0n) is 5.93. The Morgan fingerprint density at radius 1 is 1.67 bits per heavy atom. The Hall–Kier alpha value is -0.670. The molecule has 0 aliphatic carbocycles. The Labute approximate surface area is 54.5 Å². The Kier molecular flexibility index (Phi) is 2.55. The summed E-state index contributed by atoms with van der Waals surface area (Å²) in [5.41, 5.74) is 2.94. The Balaban J connectivity index is 4.33. The smallest absolute Gasteiger partial charge is 0.210 e. The van der Waals surface area contributed by atoms with Crippen LogP contribution < -0.4 is 11.4 Å². The Morgan fingerprint density at radius 2 is 2.11 bits per heavy atom. The molecule has 0 aromatic heterocycles. The van der Waals surface area contributed by atoms with E-state index < -0.39 is 0 Å². The standard InChI is InChI=1S/C5H12N3O/c1-5(4-9)8(2,3)7-6/h7H,6H2,1-3H3/q+1. The summed E-state index contributed by atoms with van der Waals surface area (Å²) in [5, 5.41) is 0. The monoisotopic (exact) mass is 130 g/mol. The van der Waals surface area contributed by atoms with Gasteiger partial charge in [-0.1, -0.05) is 5.53 Å². The fourth-order valence-corrected chi connectivity index (χ4v) is 0.211. The highest BCUT2D eigenvalue weighted by molar-refractivity contribution is 5.47. The predicted molar refractivity (Wildman–Crippen MR) is 34.3 cm³/mol. The van der Waals surface area contributed by atoms with Crippen LogP contribution in [-0.4, -0.2) is 24.6 Å². The van der Waals surface area contributed by atoms with Crippen LogP contribution in [0.3, 0.4) is 0 Å². The van der Waals surface area contributed by atoms with Crippen molar-refractivity contribution >= 4 is 5.94 Å². The van der Waals surface area contributed by atoms with Gasteiger partial charge in [-0.25, -0.2) is 10.6 Å². The Bertz CT molecular complexity index is 146. The van der Waals surface area contributed by atoms with Gasteiger partial charge < -0.3 is 0 Å². The van der Waals surface area contributed by atoms with Crippen molar-refractivity contribution in [2.45, 2.75) is 6.92 Å². The molecule has 0 heterocycles. The maximum Gasteiger partial charge on any atom is 0.210 e. The van der Waals surface area contributed by atoms with E-state index in [4.69, 9.17) is 5.84 Å². The summed E-state index contributed by atoms with van der Waals surface area (Å²) in [5.74, 6) is 6.86. The second-order valence-corrected chi connectivity index (χ2v) is 2.27. The average molecular weight is 130 g/mol. The Morgan fingerprint density at radius 3 is 2.22 bits per heavy atom. The second kappa shape index (κ2) is 2.75. The minimum absolute atomic E-state index is 0.170. The third-order valence-electron chi connectivity index (χ3n) is 1.31. The summed E-state index contributed by atoms with van der Waals surface area (Å²) in [6.45, 7) is 1.66. The van der Waals surface area contributed by atoms with Crippen LogP contribution in [0.15, 0.2) is 5.70 Å². The minimum Gasteiger partial charge on any atom is -0.227 e. The molecule has 4 heteroatoms. The van der Waals surface area contributed by atoms with Crippen LogP contribution in [0.4, 0.5) is 0 Å². The quantitative estimate of drug-likeness (QED) is 0.222. The van der Waals surface area contributed by atoms with Crippen molar-refractivity contribution < 1.29 is 9.39 Å². The molecule has 3 N–H and O–H groups in total. The first-order valence-corrected chi connectivity index (χ1v) is 2.58. The van der Waals surface area contributed by atoms with E-state index in [1.54, 1.807) is 27.0 Å². The lowest BCUT2D eigenvalue weighted by Gasteiger charge is -2.23. The van der Waals surface area contributed by atoms with E-state index in [2.05, 4.69) is 5.53 Å². The lowest BCUT2D eigenvalue weighted by Crippen LogP contribution is -2.53. The first-order chi connectivity index (χ1) is 4.04. The van der Waals surface area contributed by atoms with Gasteiger partial charge in [0.1, 0.15) is 0 Å². The van der Waals surface area contributed by atoms with Crippen LogP contribution in [0.25, 0.3) is 0 Å². The topological polar surface area (TPSA) is 55.1 Å². The van der Waals surface area contributed by atoms with E-state index in [0.29, 0.717) is 5.70 Å². The van der Waals surface area contributed by atoms with Crippen LogP contribution in [0.1, 0.15) is 6.92 Å². The van der Waals surface area contributed by atoms with E-state index >= 15 is 0 Å². The normalized spacial score (nSPS) is 10.7. The number of nitrogens with two attached hydrogens (primary N) is 1. The molecule has 0 aliphatic rings. The van der Waals surface area contributed by atoms with Gasteiger partial charge in [0.05, 0.1) is 14.1 Å². The van der Waals surface area contributed by atoms with Gasteiger partial charge in [0, 0.05) is 6.92 Å². The minimum atomic E-state index is 0.170. The molecule has 0 spiro atoms. The summed E-state index contributed by atoms with van der Waals surface area (Å²) in [6, 6.07) is 0. The van der Waals surface area contributed by atoms with Crippen LogP contribution in [-0.2, 0) is 4.79 Å². The number of nitrogens with zero attached hydrogens (tertiary/aromatic N) is 1. The zero-order valence-corrected chi connectivity index (χ0v) is 5.93. The highest BCUT2D eigenvalue weighted by Crippen LogP contribution is 1.98. The third-order valence-corrected chi connectivity index (χ3v) is 1.31. The molecule has 0 unspecified atom stereocenters. The summed E-state index contributed by atoms with van der Waals surface area (Å²) < 4.78 is 0.170. The molecule has 0 amide bonds. The molecule has 0 saturated carbocycles. The number of quaternary nitrogens is 1. The molecule has 52 valence electrons. The van der Waals surface area contributed by atoms with Gasteiger partial charge in [0.2, 0.25) is 5.70 Å². The van der Waals surface area contributed by atoms with E-state index in [0.717, 1.165) is 0 Å². The van der Waals surface area contributed by atoms with E-state index in [1.807, 2.05) is 0 Å². The van der Waals surface area contributed by atoms with Crippen molar-refractivity contribution in [2.75, 3.05) is 14.1 Å². The van der Waals surface area contributed by atoms with Crippen molar-refractivity contribution in [3.8, 4) is 0 Å². The molecule has 9 heavy (non-hydrogen) atoms. The van der Waals surface area contributed by atoms with Crippen molar-refractivity contribution in [1.82, 2.24) is 5.53 Å². The molecule has 0 saturated heterocycles. The number of hydrogen-bond donors (Lipinski definition) is 2. The zero-order chi connectivity index (χ0) is 7.49. The number of hydrazine groups is 1. The highest BCUT2D eigenvalue weighted by atomic mass is 16.1. The number of allylic oxidation sites excluding steroid dienone is 1. The van der Waals surface area contributed by atoms with Crippen LogP contribution in [0, 0.1) is 0 Å². The molecule has 0 bridgehead atoms. The molecular formula is C5H12N3O+. The van der Waals surface area contributed by atoms with Gasteiger partial charge in [-0.05, 0) is 0 Å². The third kappa shape index (κ3) is 1.95. The predicted octanol–water partition coefficient (Wildman–Crippen LogP) is -0.823. The molecule has 0 rings (SSSR count). The number of hydrogen-bond acceptors (Lipinski definition) is 3. The van der Waals surface area contributed by atoms with Crippen molar-refractivity contribution in [2.24, 2.45) is 5.84 Å². The lowest BCUT2D eigenvalue weighted by molar-refractivity contribution is -0.898. The maximum absolute atomic E-state index is 10.0. The van der Waals surface area contributed by atoms with E-state index in [-0.39, 0.29) is 4.59 Å². The van der Waals surface area contributed by atoms with Crippen molar-refractivity contribution in [3.63, 3.8) is 0 Å². The van der Waals surface area contributed by atoms with Gasteiger partial charge in [-0.15, -0.1) is 0 Å². The van der Waals surface area contributed by atoms with Gasteiger partial charge in [0.25, 0.3) is 0 Å². The SMILES string of the molecule is CC(=C=O)[N+](C)(C)NN. The van der Waals surface area contributed by atoms with Crippen molar-refractivity contribution in [1.29, 1.82) is 0 Å². The van der Waals surface area contributed by atoms with Crippen molar-refractivity contribution in [3.05, 3.63) is 5.70 Å². The molecule has 0 atom stereocenters. The fraction of sp³-hybridized carbons (Fsp3) is 0.600. The van der Waals surface area contributed by atoms with Gasteiger partial charge >= 0.3 is 0 Å². The highest BCUT2D eigenvalue weighted by Gasteiger charge is 2.16. The van der Waals surface area contributed by atoms with E-state index in [9.17, 15) is 4.79 Å². The molecule has 0 radical (unpaired) electrons. The largest absolute Gasteiger partial charge is 0.227 e. The van der Waals surface area contributed by atoms with Crippen LogP contribution >= 0.6 is 0 Å². The molecule has 4 nitrogen and oxygen atoms in total. The molecule has 0 aromatic carbocycles. The summed E-state index contributed by atoms with van der Waals surface area (Å²) >= 11 is 0. The lowest BCUT2D eigenvalue weighted by atomic mass is 10.5. The number of carbonyl (C=O) groups excluding carboxylic acids is 1. The molecule has 0 fully saturated rings. The van der Waals surface area contributed by atoms with Gasteiger partial charge in [-0.2, -0.15) is 4.59 Å². The van der Waals surface area contributed by atoms with Gasteiger partial charge in [-0.3, -0.25) is 0 Å². The maximum atomic E-state index is 10.0. The number of nitrogens with one attached hydrogen (secondary N) is 1. The molecule has 0 aromatic rings. The summed E-state index contributed by atoms with van der Waals surface area (Å²) in [7, 11) is 3.50. The number of rotatable bonds is 2. The van der Waals surface area contributed by atoms with Crippen LogP contribution in [0.2, 0.25) is 0 Å².